The molecule has 96 valence electrons. The van der Waals surface area contributed by atoms with Gasteiger partial charge in [0.15, 0.2) is 0 Å². The molecular formula is C12H11F2NO3. The highest BCUT2D eigenvalue weighted by Crippen LogP contribution is 2.47. The third kappa shape index (κ3) is 2.05. The van der Waals surface area contributed by atoms with Crippen molar-refractivity contribution in [1.29, 1.82) is 0 Å². The van der Waals surface area contributed by atoms with Gasteiger partial charge in [0, 0.05) is 5.56 Å². The molecule has 2 N–H and O–H groups in total. The fourth-order valence-corrected chi connectivity index (χ4v) is 1.90. The largest absolute Gasteiger partial charge is 0.479 e. The van der Waals surface area contributed by atoms with Gasteiger partial charge in [-0.25, -0.2) is 13.6 Å². The average molecular weight is 255 g/mol. The first-order chi connectivity index (χ1) is 8.47. The minimum absolute atomic E-state index is 0.238. The molecular weight excluding hydrogens is 244 g/mol. The summed E-state index contributed by atoms with van der Waals surface area (Å²) in [6.07, 6.45) is -2.99. The Morgan fingerprint density at radius 2 is 1.94 bits per heavy atom. The summed E-state index contributed by atoms with van der Waals surface area (Å²) >= 11 is 0. The summed E-state index contributed by atoms with van der Waals surface area (Å²) in [5, 5.41) is 11.2. The van der Waals surface area contributed by atoms with Crippen LogP contribution in [0.1, 0.15) is 16.8 Å². The van der Waals surface area contributed by atoms with Crippen LogP contribution in [0.4, 0.5) is 8.78 Å². The molecule has 2 atom stereocenters. The van der Waals surface area contributed by atoms with Crippen molar-refractivity contribution in [2.75, 3.05) is 0 Å². The maximum Gasteiger partial charge on any atom is 0.329 e. The van der Waals surface area contributed by atoms with Crippen LogP contribution in [0.15, 0.2) is 30.3 Å². The molecule has 4 nitrogen and oxygen atoms in total. The quantitative estimate of drug-likeness (QED) is 0.857. The zero-order valence-electron chi connectivity index (χ0n) is 9.27. The average Bonchev–Trinajstić information content (AvgIpc) is 3.06. The minimum atomic E-state index is -2.75. The number of benzene rings is 1. The standard InChI is InChI=1S/C12H11F2NO3/c13-9(14)8-6-12(8,11(17)18)15-10(16)7-4-2-1-3-5-7/h1-5,8-9H,6H2,(H,15,16)(H,17,18). The smallest absolute Gasteiger partial charge is 0.329 e. The van der Waals surface area contributed by atoms with Crippen molar-refractivity contribution in [3.63, 3.8) is 0 Å². The molecule has 0 bridgehead atoms. The maximum absolute atomic E-state index is 12.5. The van der Waals surface area contributed by atoms with Crippen molar-refractivity contribution in [3.8, 4) is 0 Å². The number of carbonyl (C=O) groups excluding carboxylic acids is 1. The first kappa shape index (κ1) is 12.5. The van der Waals surface area contributed by atoms with Gasteiger partial charge in [-0.2, -0.15) is 0 Å². The number of nitrogens with one attached hydrogen (secondary N) is 1. The minimum Gasteiger partial charge on any atom is -0.479 e. The van der Waals surface area contributed by atoms with Crippen LogP contribution in [0.3, 0.4) is 0 Å². The van der Waals surface area contributed by atoms with Crippen LogP contribution >= 0.6 is 0 Å². The molecule has 0 aliphatic heterocycles. The summed E-state index contributed by atoms with van der Waals surface area (Å²) in [6, 6.07) is 7.90. The summed E-state index contributed by atoms with van der Waals surface area (Å²) in [4.78, 5) is 22.8. The number of carbonyl (C=O) groups is 2. The molecule has 0 aromatic heterocycles. The molecule has 0 spiro atoms. The highest BCUT2D eigenvalue weighted by Gasteiger charge is 2.65. The third-order valence-electron chi connectivity index (χ3n) is 3.07. The lowest BCUT2D eigenvalue weighted by atomic mass is 10.1. The molecule has 18 heavy (non-hydrogen) atoms. The number of carboxylic acids is 1. The van der Waals surface area contributed by atoms with Gasteiger partial charge in [-0.05, 0) is 18.6 Å². The highest BCUT2D eigenvalue weighted by atomic mass is 19.3. The van der Waals surface area contributed by atoms with Crippen molar-refractivity contribution < 1.29 is 23.5 Å². The molecule has 1 fully saturated rings. The Balaban J connectivity index is 2.13. The number of amides is 1. The van der Waals surface area contributed by atoms with Crippen LogP contribution in [0.25, 0.3) is 0 Å². The Morgan fingerprint density at radius 1 is 1.33 bits per heavy atom. The molecule has 0 heterocycles. The number of halogens is 2. The van der Waals surface area contributed by atoms with Crippen molar-refractivity contribution in [3.05, 3.63) is 35.9 Å². The van der Waals surface area contributed by atoms with E-state index < -0.39 is 29.8 Å². The molecule has 1 aliphatic carbocycles. The molecule has 1 saturated carbocycles. The molecule has 1 aromatic carbocycles. The number of hydrogen-bond acceptors (Lipinski definition) is 2. The van der Waals surface area contributed by atoms with E-state index in [1.165, 1.54) is 12.1 Å². The van der Waals surface area contributed by atoms with Gasteiger partial charge < -0.3 is 10.4 Å². The van der Waals surface area contributed by atoms with E-state index in [1.54, 1.807) is 18.2 Å². The van der Waals surface area contributed by atoms with Gasteiger partial charge >= 0.3 is 5.97 Å². The normalized spacial score (nSPS) is 25.8. The topological polar surface area (TPSA) is 66.4 Å². The summed E-state index contributed by atoms with van der Waals surface area (Å²) < 4.78 is 25.0. The number of carboxylic acid groups (broad SMARTS) is 1. The number of rotatable bonds is 4. The number of aliphatic carboxylic acids is 1. The van der Waals surface area contributed by atoms with E-state index >= 15 is 0 Å². The molecule has 0 radical (unpaired) electrons. The van der Waals surface area contributed by atoms with E-state index in [-0.39, 0.29) is 12.0 Å². The highest BCUT2D eigenvalue weighted by molar-refractivity contribution is 5.99. The van der Waals surface area contributed by atoms with Gasteiger partial charge in [0.25, 0.3) is 5.91 Å². The van der Waals surface area contributed by atoms with Gasteiger partial charge in [0.2, 0.25) is 6.43 Å². The first-order valence-electron chi connectivity index (χ1n) is 5.36. The van der Waals surface area contributed by atoms with Gasteiger partial charge in [0.1, 0.15) is 5.54 Å². The van der Waals surface area contributed by atoms with Crippen molar-refractivity contribution >= 4 is 11.9 Å². The van der Waals surface area contributed by atoms with E-state index in [9.17, 15) is 18.4 Å². The van der Waals surface area contributed by atoms with E-state index in [0.29, 0.717) is 0 Å². The molecule has 6 heteroatoms. The van der Waals surface area contributed by atoms with E-state index in [2.05, 4.69) is 5.32 Å². The lowest BCUT2D eigenvalue weighted by molar-refractivity contribution is -0.141. The zero-order chi connectivity index (χ0) is 13.3. The van der Waals surface area contributed by atoms with Crippen molar-refractivity contribution in [2.24, 2.45) is 5.92 Å². The zero-order valence-corrected chi connectivity index (χ0v) is 9.27. The van der Waals surface area contributed by atoms with Gasteiger partial charge in [0.05, 0.1) is 5.92 Å². The monoisotopic (exact) mass is 255 g/mol. The summed E-state index contributed by atoms with van der Waals surface area (Å²) in [5.74, 6) is -3.39. The summed E-state index contributed by atoms with van der Waals surface area (Å²) in [5.41, 5.74) is -1.57. The van der Waals surface area contributed by atoms with Crippen LogP contribution in [-0.4, -0.2) is 28.9 Å². The van der Waals surface area contributed by atoms with Crippen LogP contribution in [0.5, 0.6) is 0 Å². The van der Waals surface area contributed by atoms with Gasteiger partial charge in [-0.3, -0.25) is 4.79 Å². The Bertz CT molecular complexity index is 477. The molecule has 2 rings (SSSR count). The third-order valence-corrected chi connectivity index (χ3v) is 3.07. The van der Waals surface area contributed by atoms with E-state index in [0.717, 1.165) is 0 Å². The first-order valence-corrected chi connectivity index (χ1v) is 5.36. The molecule has 2 unspecified atom stereocenters. The second kappa shape index (κ2) is 4.36. The van der Waals surface area contributed by atoms with Crippen LogP contribution < -0.4 is 5.32 Å². The Kier molecular flexibility index (Phi) is 3.02. The SMILES string of the molecule is O=C(NC1(C(=O)O)CC1C(F)F)c1ccccc1. The molecule has 1 amide bonds. The fraction of sp³-hybridized carbons (Fsp3) is 0.333. The van der Waals surface area contributed by atoms with Crippen LogP contribution in [0.2, 0.25) is 0 Å². The van der Waals surface area contributed by atoms with Crippen LogP contribution in [-0.2, 0) is 4.79 Å². The molecule has 1 aromatic rings. The van der Waals surface area contributed by atoms with E-state index in [1.807, 2.05) is 0 Å². The second-order valence-electron chi connectivity index (χ2n) is 4.24. The predicted molar refractivity (Wildman–Crippen MR) is 58.4 cm³/mol. The summed E-state index contributed by atoms with van der Waals surface area (Å²) in [7, 11) is 0. The summed E-state index contributed by atoms with van der Waals surface area (Å²) in [6.45, 7) is 0. The van der Waals surface area contributed by atoms with Crippen molar-refractivity contribution in [1.82, 2.24) is 5.32 Å². The van der Waals surface area contributed by atoms with Gasteiger partial charge in [-0.15, -0.1) is 0 Å². The number of alkyl halides is 2. The second-order valence-corrected chi connectivity index (χ2v) is 4.24. The van der Waals surface area contributed by atoms with E-state index in [4.69, 9.17) is 5.11 Å². The maximum atomic E-state index is 12.5. The molecule has 1 aliphatic rings. The lowest BCUT2D eigenvalue weighted by Gasteiger charge is -2.14. The van der Waals surface area contributed by atoms with Crippen LogP contribution in [0, 0.1) is 5.92 Å². The van der Waals surface area contributed by atoms with Gasteiger partial charge in [-0.1, -0.05) is 18.2 Å². The molecule has 0 saturated heterocycles. The Morgan fingerprint density at radius 3 is 2.39 bits per heavy atom. The Labute approximate surface area is 102 Å². The predicted octanol–water partition coefficient (Wildman–Crippen LogP) is 1.52. The fourth-order valence-electron chi connectivity index (χ4n) is 1.90. The Hall–Kier alpha value is -1.98. The van der Waals surface area contributed by atoms with Crippen molar-refractivity contribution in [2.45, 2.75) is 18.4 Å². The number of hydrogen-bond donors (Lipinski definition) is 2. The lowest BCUT2D eigenvalue weighted by Crippen LogP contribution is -2.45.